The molecular formula is C17H17ClO3. The lowest BCUT2D eigenvalue weighted by Crippen LogP contribution is -2.17. The van der Waals surface area contributed by atoms with Crippen LogP contribution in [0, 0.1) is 6.92 Å². The lowest BCUT2D eigenvalue weighted by atomic mass is 10.2. The largest absolute Gasteiger partial charge is 0.482 e. The molecule has 0 unspecified atom stereocenters. The van der Waals surface area contributed by atoms with Crippen LogP contribution in [-0.2, 0) is 11.2 Å². The van der Waals surface area contributed by atoms with Crippen LogP contribution in [0.3, 0.4) is 0 Å². The fourth-order valence-corrected chi connectivity index (χ4v) is 1.92. The van der Waals surface area contributed by atoms with E-state index >= 15 is 0 Å². The van der Waals surface area contributed by atoms with Crippen molar-refractivity contribution in [2.24, 2.45) is 0 Å². The van der Waals surface area contributed by atoms with Crippen molar-refractivity contribution in [3.8, 4) is 11.5 Å². The maximum absolute atomic E-state index is 11.7. The summed E-state index contributed by atoms with van der Waals surface area (Å²) in [5.74, 6) is 0.666. The number of carbonyl (C=O) groups is 1. The minimum Gasteiger partial charge on any atom is -0.482 e. The van der Waals surface area contributed by atoms with E-state index < -0.39 is 5.97 Å². The quantitative estimate of drug-likeness (QED) is 0.613. The van der Waals surface area contributed by atoms with Crippen molar-refractivity contribution in [1.82, 2.24) is 0 Å². The summed E-state index contributed by atoms with van der Waals surface area (Å²) < 4.78 is 10.6. The SMILES string of the molecule is CCc1ccc(OCC(=O)Oc2ccc(Cl)c(C)c2)cc1. The first kappa shape index (κ1) is 15.4. The topological polar surface area (TPSA) is 35.5 Å². The minimum absolute atomic E-state index is 0.132. The standard InChI is InChI=1S/C17H17ClO3/c1-3-13-4-6-14(7-5-13)20-11-17(19)21-15-8-9-16(18)12(2)10-15/h4-10H,3,11H2,1-2H3. The number of aryl methyl sites for hydroxylation is 2. The van der Waals surface area contributed by atoms with Crippen LogP contribution in [0.25, 0.3) is 0 Å². The van der Waals surface area contributed by atoms with Gasteiger partial charge in [0.2, 0.25) is 0 Å². The number of ether oxygens (including phenoxy) is 2. The van der Waals surface area contributed by atoms with Crippen molar-refractivity contribution >= 4 is 17.6 Å². The first-order chi connectivity index (χ1) is 10.1. The molecule has 0 saturated heterocycles. The van der Waals surface area contributed by atoms with Gasteiger partial charge in [0.05, 0.1) is 0 Å². The number of hydrogen-bond acceptors (Lipinski definition) is 3. The molecule has 0 aromatic heterocycles. The van der Waals surface area contributed by atoms with Crippen molar-refractivity contribution in [2.45, 2.75) is 20.3 Å². The highest BCUT2D eigenvalue weighted by Gasteiger charge is 2.07. The average Bonchev–Trinajstić information content (AvgIpc) is 2.49. The summed E-state index contributed by atoms with van der Waals surface area (Å²) in [4.78, 5) is 11.7. The molecule has 0 atom stereocenters. The predicted molar refractivity (Wildman–Crippen MR) is 83.1 cm³/mol. The van der Waals surface area contributed by atoms with Gasteiger partial charge in [0.25, 0.3) is 0 Å². The second-order valence-electron chi connectivity index (χ2n) is 4.67. The fraction of sp³-hybridized carbons (Fsp3) is 0.235. The van der Waals surface area contributed by atoms with E-state index in [1.165, 1.54) is 5.56 Å². The van der Waals surface area contributed by atoms with Crippen LogP contribution in [0.2, 0.25) is 5.02 Å². The van der Waals surface area contributed by atoms with Crippen molar-refractivity contribution in [3.05, 3.63) is 58.6 Å². The van der Waals surface area contributed by atoms with Crippen molar-refractivity contribution in [2.75, 3.05) is 6.61 Å². The maximum atomic E-state index is 11.7. The zero-order valence-corrected chi connectivity index (χ0v) is 12.8. The zero-order valence-electron chi connectivity index (χ0n) is 12.1. The average molecular weight is 305 g/mol. The maximum Gasteiger partial charge on any atom is 0.349 e. The molecule has 0 amide bonds. The molecule has 0 saturated carbocycles. The van der Waals surface area contributed by atoms with E-state index in [0.717, 1.165) is 12.0 Å². The Morgan fingerprint density at radius 2 is 1.76 bits per heavy atom. The van der Waals surface area contributed by atoms with Crippen molar-refractivity contribution in [3.63, 3.8) is 0 Å². The smallest absolute Gasteiger partial charge is 0.349 e. The Bertz CT molecular complexity index is 620. The van der Waals surface area contributed by atoms with Crippen molar-refractivity contribution in [1.29, 1.82) is 0 Å². The Labute approximate surface area is 129 Å². The Morgan fingerprint density at radius 3 is 2.38 bits per heavy atom. The van der Waals surface area contributed by atoms with Crippen LogP contribution in [0.4, 0.5) is 0 Å². The van der Waals surface area contributed by atoms with Gasteiger partial charge in [-0.05, 0) is 54.8 Å². The van der Waals surface area contributed by atoms with Crippen LogP contribution in [0.15, 0.2) is 42.5 Å². The monoisotopic (exact) mass is 304 g/mol. The van der Waals surface area contributed by atoms with E-state index in [-0.39, 0.29) is 6.61 Å². The Morgan fingerprint density at radius 1 is 1.10 bits per heavy atom. The van der Waals surface area contributed by atoms with Crippen molar-refractivity contribution < 1.29 is 14.3 Å². The summed E-state index contributed by atoms with van der Waals surface area (Å²) in [5, 5.41) is 0.641. The van der Waals surface area contributed by atoms with E-state index in [1.807, 2.05) is 31.2 Å². The van der Waals surface area contributed by atoms with E-state index in [2.05, 4.69) is 6.92 Å². The molecular weight excluding hydrogens is 288 g/mol. The van der Waals surface area contributed by atoms with Gasteiger partial charge in [0.15, 0.2) is 6.61 Å². The first-order valence-electron chi connectivity index (χ1n) is 6.77. The van der Waals surface area contributed by atoms with Gasteiger partial charge in [-0.1, -0.05) is 30.7 Å². The van der Waals surface area contributed by atoms with Gasteiger partial charge in [0, 0.05) is 5.02 Å². The summed E-state index contributed by atoms with van der Waals surface area (Å²) >= 11 is 5.92. The molecule has 0 aliphatic heterocycles. The summed E-state index contributed by atoms with van der Waals surface area (Å²) in [7, 11) is 0. The van der Waals surface area contributed by atoms with E-state index in [4.69, 9.17) is 21.1 Å². The van der Waals surface area contributed by atoms with E-state index in [9.17, 15) is 4.79 Å². The van der Waals surface area contributed by atoms with Crippen LogP contribution in [0.1, 0.15) is 18.1 Å². The lowest BCUT2D eigenvalue weighted by molar-refractivity contribution is -0.136. The molecule has 4 heteroatoms. The third kappa shape index (κ3) is 4.50. The predicted octanol–water partition coefficient (Wildman–Crippen LogP) is 4.20. The summed E-state index contributed by atoms with van der Waals surface area (Å²) in [6.07, 6.45) is 0.970. The Hall–Kier alpha value is -2.00. The molecule has 3 nitrogen and oxygen atoms in total. The molecule has 0 radical (unpaired) electrons. The summed E-state index contributed by atoms with van der Waals surface area (Å²) in [6, 6.07) is 12.7. The van der Waals surface area contributed by atoms with Gasteiger partial charge in [-0.3, -0.25) is 0 Å². The second kappa shape index (κ2) is 7.14. The third-order valence-electron chi connectivity index (χ3n) is 3.05. The minimum atomic E-state index is -0.448. The number of carbonyl (C=O) groups excluding carboxylic acids is 1. The number of benzene rings is 2. The third-order valence-corrected chi connectivity index (χ3v) is 3.47. The van der Waals surface area contributed by atoms with Gasteiger partial charge in [-0.25, -0.2) is 4.79 Å². The molecule has 0 spiro atoms. The van der Waals surface area contributed by atoms with Crippen LogP contribution >= 0.6 is 11.6 Å². The molecule has 0 aliphatic rings. The molecule has 0 N–H and O–H groups in total. The Balaban J connectivity index is 1.87. The first-order valence-corrected chi connectivity index (χ1v) is 7.15. The molecule has 0 aliphatic carbocycles. The summed E-state index contributed by atoms with van der Waals surface area (Å²) in [6.45, 7) is 3.81. The molecule has 2 rings (SSSR count). The number of halogens is 1. The van der Waals surface area contributed by atoms with Gasteiger partial charge < -0.3 is 9.47 Å². The molecule has 0 heterocycles. The highest BCUT2D eigenvalue weighted by atomic mass is 35.5. The van der Waals surface area contributed by atoms with Gasteiger partial charge in [-0.2, -0.15) is 0 Å². The van der Waals surface area contributed by atoms with Crippen LogP contribution in [0.5, 0.6) is 11.5 Å². The van der Waals surface area contributed by atoms with Gasteiger partial charge >= 0.3 is 5.97 Å². The fourth-order valence-electron chi connectivity index (χ4n) is 1.81. The van der Waals surface area contributed by atoms with Gasteiger partial charge in [-0.15, -0.1) is 0 Å². The van der Waals surface area contributed by atoms with E-state index in [1.54, 1.807) is 18.2 Å². The molecule has 2 aromatic carbocycles. The summed E-state index contributed by atoms with van der Waals surface area (Å²) in [5.41, 5.74) is 2.08. The second-order valence-corrected chi connectivity index (χ2v) is 5.08. The van der Waals surface area contributed by atoms with Gasteiger partial charge in [0.1, 0.15) is 11.5 Å². The zero-order chi connectivity index (χ0) is 15.2. The highest BCUT2D eigenvalue weighted by Crippen LogP contribution is 2.21. The molecule has 0 bridgehead atoms. The number of hydrogen-bond donors (Lipinski definition) is 0. The molecule has 110 valence electrons. The highest BCUT2D eigenvalue weighted by molar-refractivity contribution is 6.31. The number of rotatable bonds is 5. The normalized spacial score (nSPS) is 10.2. The lowest BCUT2D eigenvalue weighted by Gasteiger charge is -2.08. The number of esters is 1. The molecule has 2 aromatic rings. The molecule has 0 fully saturated rings. The Kier molecular flexibility index (Phi) is 5.23. The van der Waals surface area contributed by atoms with Crippen LogP contribution in [-0.4, -0.2) is 12.6 Å². The van der Waals surface area contributed by atoms with E-state index in [0.29, 0.717) is 16.5 Å². The molecule has 21 heavy (non-hydrogen) atoms. The van der Waals surface area contributed by atoms with Crippen LogP contribution < -0.4 is 9.47 Å².